The maximum absolute atomic E-state index is 13.0. The first-order valence-corrected chi connectivity index (χ1v) is 11.0. The molecule has 0 spiro atoms. The Balaban J connectivity index is 2.46. The van der Waals surface area contributed by atoms with Crippen molar-refractivity contribution in [1.82, 2.24) is 0 Å². The fraction of sp³-hybridized carbons (Fsp3) is 0.316. The Morgan fingerprint density at radius 3 is 2.26 bits per heavy atom. The van der Waals surface area contributed by atoms with Crippen LogP contribution in [0, 0.1) is 13.8 Å². The third-order valence-electron chi connectivity index (χ3n) is 4.29. The van der Waals surface area contributed by atoms with Crippen LogP contribution in [0.2, 0.25) is 10.0 Å². The number of benzene rings is 2. The van der Waals surface area contributed by atoms with Gasteiger partial charge in [0.15, 0.2) is 0 Å². The molecule has 146 valence electrons. The first-order valence-electron chi connectivity index (χ1n) is 8.37. The van der Waals surface area contributed by atoms with Gasteiger partial charge in [-0.3, -0.25) is 9.10 Å². The highest BCUT2D eigenvalue weighted by Gasteiger charge is 2.32. The van der Waals surface area contributed by atoms with Gasteiger partial charge in [0.2, 0.25) is 15.9 Å². The number of rotatable bonds is 6. The molecule has 0 bridgehead atoms. The van der Waals surface area contributed by atoms with Crippen LogP contribution in [-0.2, 0) is 14.8 Å². The highest BCUT2D eigenvalue weighted by molar-refractivity contribution is 7.92. The Bertz CT molecular complexity index is 941. The van der Waals surface area contributed by atoms with Crippen LogP contribution in [0.4, 0.5) is 11.4 Å². The molecule has 2 rings (SSSR count). The van der Waals surface area contributed by atoms with E-state index in [2.05, 4.69) is 5.32 Å². The Labute approximate surface area is 170 Å². The van der Waals surface area contributed by atoms with Crippen LogP contribution in [0.1, 0.15) is 24.5 Å². The van der Waals surface area contributed by atoms with Crippen molar-refractivity contribution in [3.63, 3.8) is 0 Å². The molecular formula is C19H22Cl2N2O3S. The average molecular weight is 429 g/mol. The summed E-state index contributed by atoms with van der Waals surface area (Å²) < 4.78 is 26.0. The monoisotopic (exact) mass is 428 g/mol. The molecule has 2 aromatic rings. The summed E-state index contributed by atoms with van der Waals surface area (Å²) in [6.45, 7) is 5.59. The first kappa shape index (κ1) is 21.5. The molecule has 27 heavy (non-hydrogen) atoms. The topological polar surface area (TPSA) is 66.5 Å². The lowest BCUT2D eigenvalue weighted by molar-refractivity contribution is -0.117. The molecule has 1 amide bonds. The minimum atomic E-state index is -3.76. The van der Waals surface area contributed by atoms with Crippen LogP contribution in [-0.4, -0.2) is 26.6 Å². The van der Waals surface area contributed by atoms with Crippen LogP contribution in [0.25, 0.3) is 0 Å². The number of hydrogen-bond acceptors (Lipinski definition) is 3. The third kappa shape index (κ3) is 5.15. The van der Waals surface area contributed by atoms with E-state index < -0.39 is 22.0 Å². The highest BCUT2D eigenvalue weighted by Crippen LogP contribution is 2.30. The molecule has 0 aliphatic rings. The van der Waals surface area contributed by atoms with E-state index in [1.54, 1.807) is 13.0 Å². The van der Waals surface area contributed by atoms with Crippen LogP contribution in [0.3, 0.4) is 0 Å². The fourth-order valence-corrected chi connectivity index (χ4v) is 4.54. The second-order valence-corrected chi connectivity index (χ2v) is 9.08. The lowest BCUT2D eigenvalue weighted by Gasteiger charge is -2.30. The van der Waals surface area contributed by atoms with Crippen molar-refractivity contribution in [2.24, 2.45) is 0 Å². The molecule has 0 aliphatic heterocycles. The minimum Gasteiger partial charge on any atom is -0.324 e. The van der Waals surface area contributed by atoms with Gasteiger partial charge >= 0.3 is 0 Å². The first-order chi connectivity index (χ1) is 12.5. The van der Waals surface area contributed by atoms with Crippen molar-refractivity contribution in [2.45, 2.75) is 33.2 Å². The van der Waals surface area contributed by atoms with E-state index in [0.29, 0.717) is 5.69 Å². The molecule has 2 aromatic carbocycles. The number of amides is 1. The van der Waals surface area contributed by atoms with Gasteiger partial charge in [-0.25, -0.2) is 8.42 Å². The third-order valence-corrected chi connectivity index (χ3v) is 5.91. The molecule has 0 aliphatic carbocycles. The van der Waals surface area contributed by atoms with Gasteiger partial charge in [0.05, 0.1) is 11.9 Å². The predicted octanol–water partition coefficient (Wildman–Crippen LogP) is 4.79. The van der Waals surface area contributed by atoms with E-state index in [4.69, 9.17) is 23.2 Å². The van der Waals surface area contributed by atoms with Crippen molar-refractivity contribution in [3.8, 4) is 0 Å². The zero-order chi connectivity index (χ0) is 20.4. The maximum Gasteiger partial charge on any atom is 0.248 e. The van der Waals surface area contributed by atoms with Crippen LogP contribution < -0.4 is 9.62 Å². The SMILES string of the molecule is CCC(C(=O)Nc1cccc(C)c1C)N(c1cc(Cl)cc(Cl)c1)S(C)(=O)=O. The Hall–Kier alpha value is -1.76. The summed E-state index contributed by atoms with van der Waals surface area (Å²) in [6, 6.07) is 9.07. The highest BCUT2D eigenvalue weighted by atomic mass is 35.5. The molecule has 0 saturated heterocycles. The minimum absolute atomic E-state index is 0.248. The van der Waals surface area contributed by atoms with Gasteiger partial charge in [0.1, 0.15) is 6.04 Å². The molecule has 1 atom stereocenters. The number of halogens is 2. The summed E-state index contributed by atoms with van der Waals surface area (Å²) >= 11 is 12.1. The molecule has 8 heteroatoms. The van der Waals surface area contributed by atoms with Gasteiger partial charge in [-0.1, -0.05) is 42.3 Å². The molecule has 0 radical (unpaired) electrons. The zero-order valence-electron chi connectivity index (χ0n) is 15.6. The molecule has 0 heterocycles. The number of sulfonamides is 1. The molecule has 0 fully saturated rings. The van der Waals surface area contributed by atoms with Gasteiger partial charge < -0.3 is 5.32 Å². The van der Waals surface area contributed by atoms with Crippen molar-refractivity contribution < 1.29 is 13.2 Å². The normalized spacial score (nSPS) is 12.5. The molecular weight excluding hydrogens is 407 g/mol. The van der Waals surface area contributed by atoms with E-state index in [0.717, 1.165) is 21.7 Å². The average Bonchev–Trinajstić information content (AvgIpc) is 2.54. The second kappa shape index (κ2) is 8.50. The predicted molar refractivity (Wildman–Crippen MR) is 112 cm³/mol. The number of aryl methyl sites for hydroxylation is 1. The van der Waals surface area contributed by atoms with Crippen molar-refractivity contribution in [2.75, 3.05) is 15.9 Å². The zero-order valence-corrected chi connectivity index (χ0v) is 17.9. The second-order valence-electron chi connectivity index (χ2n) is 6.35. The number of carbonyl (C=O) groups excluding carboxylic acids is 1. The summed E-state index contributed by atoms with van der Waals surface area (Å²) in [4.78, 5) is 13.0. The standard InChI is InChI=1S/C19H22Cl2N2O3S/c1-5-18(19(24)22-17-8-6-7-12(2)13(17)3)23(27(4,25)26)16-10-14(20)9-15(21)11-16/h6-11,18H,5H2,1-4H3,(H,22,24). The lowest BCUT2D eigenvalue weighted by atomic mass is 10.1. The summed E-state index contributed by atoms with van der Waals surface area (Å²) in [5, 5.41) is 3.42. The van der Waals surface area contributed by atoms with E-state index in [-0.39, 0.29) is 22.2 Å². The van der Waals surface area contributed by atoms with E-state index in [1.165, 1.54) is 18.2 Å². The summed E-state index contributed by atoms with van der Waals surface area (Å²) in [5.41, 5.74) is 2.86. The Morgan fingerprint density at radius 1 is 1.15 bits per heavy atom. The molecule has 1 N–H and O–H groups in total. The Kier molecular flexibility index (Phi) is 6.78. The summed E-state index contributed by atoms with van der Waals surface area (Å²) in [6.07, 6.45) is 1.32. The van der Waals surface area contributed by atoms with Gasteiger partial charge in [-0.2, -0.15) is 0 Å². The summed E-state index contributed by atoms with van der Waals surface area (Å²) in [5.74, 6) is -0.423. The number of anilines is 2. The molecule has 0 aromatic heterocycles. The van der Waals surface area contributed by atoms with Gasteiger partial charge in [-0.05, 0) is 55.7 Å². The maximum atomic E-state index is 13.0. The smallest absolute Gasteiger partial charge is 0.248 e. The number of hydrogen-bond donors (Lipinski definition) is 1. The van der Waals surface area contributed by atoms with Crippen molar-refractivity contribution >= 4 is 50.5 Å². The fourth-order valence-electron chi connectivity index (χ4n) is 2.83. The number of carbonyl (C=O) groups is 1. The summed E-state index contributed by atoms with van der Waals surface area (Å²) in [7, 11) is -3.76. The molecule has 0 saturated carbocycles. The number of nitrogens with one attached hydrogen (secondary N) is 1. The van der Waals surface area contributed by atoms with Crippen LogP contribution in [0.15, 0.2) is 36.4 Å². The largest absolute Gasteiger partial charge is 0.324 e. The van der Waals surface area contributed by atoms with E-state index in [1.807, 2.05) is 26.0 Å². The number of nitrogens with zero attached hydrogens (tertiary/aromatic N) is 1. The van der Waals surface area contributed by atoms with Crippen molar-refractivity contribution in [1.29, 1.82) is 0 Å². The van der Waals surface area contributed by atoms with E-state index in [9.17, 15) is 13.2 Å². The molecule has 1 unspecified atom stereocenters. The van der Waals surface area contributed by atoms with Gasteiger partial charge in [-0.15, -0.1) is 0 Å². The Morgan fingerprint density at radius 2 is 1.74 bits per heavy atom. The van der Waals surface area contributed by atoms with Gasteiger partial charge in [0.25, 0.3) is 0 Å². The van der Waals surface area contributed by atoms with Crippen LogP contribution >= 0.6 is 23.2 Å². The lowest BCUT2D eigenvalue weighted by Crippen LogP contribution is -2.47. The van der Waals surface area contributed by atoms with Gasteiger partial charge in [0, 0.05) is 15.7 Å². The van der Waals surface area contributed by atoms with Crippen LogP contribution in [0.5, 0.6) is 0 Å². The molecule has 5 nitrogen and oxygen atoms in total. The quantitative estimate of drug-likeness (QED) is 0.718. The van der Waals surface area contributed by atoms with Crippen molar-refractivity contribution in [3.05, 3.63) is 57.6 Å². The van der Waals surface area contributed by atoms with E-state index >= 15 is 0 Å².